The second-order valence-corrected chi connectivity index (χ2v) is 6.28. The summed E-state index contributed by atoms with van der Waals surface area (Å²) in [6.45, 7) is 2.19. The van der Waals surface area contributed by atoms with E-state index < -0.39 is 17.8 Å². The minimum Gasteiger partial charge on any atom is -0.494 e. The summed E-state index contributed by atoms with van der Waals surface area (Å²) in [7, 11) is 1.40. The number of fused-ring (bicyclic) bond motifs is 1. The lowest BCUT2D eigenvalue weighted by atomic mass is 10.2. The van der Waals surface area contributed by atoms with Crippen LogP contribution >= 0.6 is 0 Å². The molecule has 28 heavy (non-hydrogen) atoms. The van der Waals surface area contributed by atoms with Gasteiger partial charge in [0.1, 0.15) is 5.82 Å². The van der Waals surface area contributed by atoms with Crippen molar-refractivity contribution >= 4 is 17.2 Å². The Kier molecular flexibility index (Phi) is 4.44. The number of aromatic nitrogens is 4. The zero-order valence-corrected chi connectivity index (χ0v) is 14.8. The number of nitrogens with zero attached hydrogens (tertiary/aromatic N) is 6. The number of anilines is 2. The van der Waals surface area contributed by atoms with Crippen molar-refractivity contribution in [3.8, 4) is 5.75 Å². The van der Waals surface area contributed by atoms with E-state index in [-0.39, 0.29) is 11.4 Å². The average molecular weight is 396 g/mol. The van der Waals surface area contributed by atoms with Crippen LogP contribution < -0.4 is 14.5 Å². The molecule has 0 unspecified atom stereocenters. The fourth-order valence-corrected chi connectivity index (χ4v) is 3.17. The van der Waals surface area contributed by atoms with Crippen molar-refractivity contribution in [2.24, 2.45) is 0 Å². The summed E-state index contributed by atoms with van der Waals surface area (Å²) in [5.74, 6) is -1.02. The van der Waals surface area contributed by atoms with Gasteiger partial charge in [0, 0.05) is 37.9 Å². The van der Waals surface area contributed by atoms with Crippen molar-refractivity contribution in [2.45, 2.75) is 6.18 Å². The number of ether oxygens (including phenoxy) is 1. The smallest absolute Gasteiger partial charge is 0.453 e. The molecule has 0 N–H and O–H groups in total. The Balaban J connectivity index is 1.51. The number of hydrogen-bond acceptors (Lipinski definition) is 6. The third-order valence-corrected chi connectivity index (χ3v) is 4.61. The van der Waals surface area contributed by atoms with Crippen LogP contribution in [0.25, 0.3) is 5.65 Å². The van der Waals surface area contributed by atoms with Crippen molar-refractivity contribution in [1.82, 2.24) is 19.8 Å². The molecular formula is C17H16F4N6O. The van der Waals surface area contributed by atoms with Gasteiger partial charge in [0.25, 0.3) is 5.82 Å². The molecule has 2 aromatic heterocycles. The Bertz CT molecular complexity index is 997. The molecule has 0 atom stereocenters. The van der Waals surface area contributed by atoms with E-state index in [0.29, 0.717) is 36.5 Å². The highest BCUT2D eigenvalue weighted by Gasteiger charge is 2.37. The number of hydrogen-bond donors (Lipinski definition) is 0. The lowest BCUT2D eigenvalue weighted by Crippen LogP contribution is -2.47. The number of alkyl halides is 3. The zero-order valence-electron chi connectivity index (χ0n) is 14.8. The molecule has 0 saturated carbocycles. The van der Waals surface area contributed by atoms with Gasteiger partial charge in [0.05, 0.1) is 7.11 Å². The van der Waals surface area contributed by atoms with E-state index in [2.05, 4.69) is 15.3 Å². The van der Waals surface area contributed by atoms with Gasteiger partial charge >= 0.3 is 6.18 Å². The second kappa shape index (κ2) is 6.80. The van der Waals surface area contributed by atoms with Gasteiger partial charge in [-0.15, -0.1) is 15.3 Å². The van der Waals surface area contributed by atoms with Crippen molar-refractivity contribution in [3.63, 3.8) is 0 Å². The largest absolute Gasteiger partial charge is 0.494 e. The first-order valence-electron chi connectivity index (χ1n) is 8.50. The van der Waals surface area contributed by atoms with E-state index in [1.54, 1.807) is 18.2 Å². The fraction of sp³-hybridized carbons (Fsp3) is 0.353. The van der Waals surface area contributed by atoms with Crippen molar-refractivity contribution in [3.05, 3.63) is 42.0 Å². The van der Waals surface area contributed by atoms with Crippen molar-refractivity contribution in [1.29, 1.82) is 0 Å². The highest BCUT2D eigenvalue weighted by molar-refractivity contribution is 5.52. The van der Waals surface area contributed by atoms with E-state index in [1.807, 2.05) is 9.80 Å². The third-order valence-electron chi connectivity index (χ3n) is 4.61. The number of methoxy groups -OCH3 is 1. The zero-order chi connectivity index (χ0) is 19.9. The lowest BCUT2D eigenvalue weighted by Gasteiger charge is -2.36. The first-order valence-corrected chi connectivity index (χ1v) is 8.50. The van der Waals surface area contributed by atoms with E-state index in [0.717, 1.165) is 5.69 Å². The Morgan fingerprint density at radius 3 is 2.32 bits per heavy atom. The van der Waals surface area contributed by atoms with Crippen LogP contribution in [-0.4, -0.2) is 53.1 Å². The molecule has 3 aromatic rings. The molecule has 0 amide bonds. The minimum atomic E-state index is -4.64. The van der Waals surface area contributed by atoms with Gasteiger partial charge in [-0.1, -0.05) is 0 Å². The Labute approximate surface area is 157 Å². The number of piperazine rings is 1. The molecule has 0 radical (unpaired) electrons. The van der Waals surface area contributed by atoms with Crippen LogP contribution in [0.2, 0.25) is 0 Å². The fourth-order valence-electron chi connectivity index (χ4n) is 3.17. The monoisotopic (exact) mass is 396 g/mol. The molecule has 1 aromatic carbocycles. The maximum absolute atomic E-state index is 13.9. The molecule has 7 nitrogen and oxygen atoms in total. The topological polar surface area (TPSA) is 58.8 Å². The Morgan fingerprint density at radius 2 is 1.68 bits per heavy atom. The molecule has 3 heterocycles. The predicted octanol–water partition coefficient (Wildman–Crippen LogP) is 2.62. The standard InChI is InChI=1S/C17H16F4N6O/c1-28-13-3-2-11(10-12(13)18)25-6-8-26(9-7-25)15-5-4-14-22-23-16(17(19,20)21)27(14)24-15/h2-5,10H,6-9H2,1H3. The molecule has 4 rings (SSSR count). The van der Waals surface area contributed by atoms with Gasteiger partial charge in [-0.05, 0) is 24.3 Å². The lowest BCUT2D eigenvalue weighted by molar-refractivity contribution is -0.146. The molecular weight excluding hydrogens is 380 g/mol. The summed E-state index contributed by atoms with van der Waals surface area (Å²) in [6.07, 6.45) is -4.64. The molecule has 0 aliphatic carbocycles. The highest BCUT2D eigenvalue weighted by Crippen LogP contribution is 2.28. The number of halogens is 4. The second-order valence-electron chi connectivity index (χ2n) is 6.28. The normalized spacial score (nSPS) is 15.3. The first-order chi connectivity index (χ1) is 13.4. The number of benzene rings is 1. The maximum atomic E-state index is 13.9. The quantitative estimate of drug-likeness (QED) is 0.635. The summed E-state index contributed by atoms with van der Waals surface area (Å²) in [5, 5.41) is 10.7. The first kappa shape index (κ1) is 18.3. The Hall–Kier alpha value is -3.11. The average Bonchev–Trinajstić information content (AvgIpc) is 3.12. The van der Waals surface area contributed by atoms with E-state index in [1.165, 1.54) is 19.2 Å². The Morgan fingerprint density at radius 1 is 0.964 bits per heavy atom. The van der Waals surface area contributed by atoms with E-state index >= 15 is 0 Å². The van der Waals surface area contributed by atoms with Gasteiger partial charge in [-0.2, -0.15) is 17.7 Å². The molecule has 0 bridgehead atoms. The summed E-state index contributed by atoms with van der Waals surface area (Å²) in [5.41, 5.74) is 0.753. The number of rotatable bonds is 3. The molecule has 1 aliphatic rings. The molecule has 11 heteroatoms. The van der Waals surface area contributed by atoms with Gasteiger partial charge in [0.2, 0.25) is 0 Å². The van der Waals surface area contributed by atoms with Crippen LogP contribution in [0.3, 0.4) is 0 Å². The summed E-state index contributed by atoms with van der Waals surface area (Å²) in [6, 6.07) is 7.82. The van der Waals surface area contributed by atoms with Gasteiger partial charge in [-0.25, -0.2) is 4.39 Å². The molecule has 1 saturated heterocycles. The molecule has 148 valence electrons. The summed E-state index contributed by atoms with van der Waals surface area (Å²) < 4.78 is 58.6. The van der Waals surface area contributed by atoms with Crippen LogP contribution in [0.4, 0.5) is 29.1 Å². The predicted molar refractivity (Wildman–Crippen MR) is 93.2 cm³/mol. The highest BCUT2D eigenvalue weighted by atomic mass is 19.4. The maximum Gasteiger partial charge on any atom is 0.453 e. The van der Waals surface area contributed by atoms with Gasteiger partial charge in [0.15, 0.2) is 17.2 Å². The van der Waals surface area contributed by atoms with Gasteiger partial charge < -0.3 is 14.5 Å². The molecule has 0 spiro atoms. The van der Waals surface area contributed by atoms with Crippen LogP contribution in [0.15, 0.2) is 30.3 Å². The van der Waals surface area contributed by atoms with Crippen LogP contribution in [0.5, 0.6) is 5.75 Å². The minimum absolute atomic E-state index is 0.0309. The van der Waals surface area contributed by atoms with Crippen LogP contribution in [-0.2, 0) is 6.18 Å². The van der Waals surface area contributed by atoms with Crippen molar-refractivity contribution < 1.29 is 22.3 Å². The third kappa shape index (κ3) is 3.27. The summed E-state index contributed by atoms with van der Waals surface area (Å²) in [4.78, 5) is 3.87. The van der Waals surface area contributed by atoms with Gasteiger partial charge in [-0.3, -0.25) is 0 Å². The molecule has 1 fully saturated rings. The van der Waals surface area contributed by atoms with E-state index in [9.17, 15) is 17.6 Å². The summed E-state index contributed by atoms with van der Waals surface area (Å²) >= 11 is 0. The van der Waals surface area contributed by atoms with Crippen LogP contribution in [0, 0.1) is 5.82 Å². The van der Waals surface area contributed by atoms with Crippen molar-refractivity contribution in [2.75, 3.05) is 43.1 Å². The molecule has 1 aliphatic heterocycles. The SMILES string of the molecule is COc1ccc(N2CCN(c3ccc4nnc(C(F)(F)F)n4n3)CC2)cc1F. The van der Waals surface area contributed by atoms with E-state index in [4.69, 9.17) is 4.74 Å². The van der Waals surface area contributed by atoms with Crippen LogP contribution in [0.1, 0.15) is 5.82 Å².